The Labute approximate surface area is 410 Å². The fraction of sp³-hybridized carbons (Fsp3) is 0.0526. The summed E-state index contributed by atoms with van der Waals surface area (Å²) >= 11 is 0.304. The summed E-state index contributed by atoms with van der Waals surface area (Å²) < 4.78 is 371. The van der Waals surface area contributed by atoms with Gasteiger partial charge in [0.25, 0.3) is 0 Å². The molecule has 2 aromatic heterocycles. The number of thiophene rings is 1. The van der Waals surface area contributed by atoms with Gasteiger partial charge < -0.3 is 9.47 Å². The van der Waals surface area contributed by atoms with Gasteiger partial charge in [0, 0.05) is 62.5 Å². The number of para-hydroxylation sites is 1. The summed E-state index contributed by atoms with van der Waals surface area (Å²) in [6, 6.07) is -40.4. The van der Waals surface area contributed by atoms with Crippen molar-refractivity contribution < 1.29 is 54.8 Å². The van der Waals surface area contributed by atoms with Crippen LogP contribution >= 0.6 is 11.3 Å². The summed E-state index contributed by atoms with van der Waals surface area (Å²) in [7, 11) is 0. The van der Waals surface area contributed by atoms with Gasteiger partial charge >= 0.3 is 0 Å². The van der Waals surface area contributed by atoms with E-state index in [4.69, 9.17) is 32.9 Å². The van der Waals surface area contributed by atoms with Gasteiger partial charge in [-0.1, -0.05) is 159 Å². The average Bonchev–Trinajstić information content (AvgIpc) is 1.49. The highest BCUT2D eigenvalue weighted by Crippen LogP contribution is 2.52. The molecule has 0 radical (unpaired) electrons. The van der Waals surface area contributed by atoms with Gasteiger partial charge in [-0.3, -0.25) is 0 Å². The summed E-state index contributed by atoms with van der Waals surface area (Å²) in [5, 5.41) is -3.20. The number of nitrogens with zero attached hydrogens (tertiary/aromatic N) is 2. The van der Waals surface area contributed by atoms with Crippen molar-refractivity contribution in [3.05, 3.63) is 217 Å². The third-order valence-electron chi connectivity index (χ3n) is 9.74. The van der Waals surface area contributed by atoms with Gasteiger partial charge in [-0.15, -0.1) is 11.3 Å². The number of anilines is 3. The van der Waals surface area contributed by atoms with Gasteiger partial charge in [-0.25, -0.2) is 0 Å². The summed E-state index contributed by atoms with van der Waals surface area (Å²) in [6.07, 6.45) is 0. The van der Waals surface area contributed by atoms with Crippen LogP contribution < -0.4 is 4.90 Å². The van der Waals surface area contributed by atoms with Crippen molar-refractivity contribution in [3.63, 3.8) is 0 Å². The Morgan fingerprint density at radius 3 is 1.97 bits per heavy atom. The van der Waals surface area contributed by atoms with Crippen molar-refractivity contribution >= 4 is 70.4 Å². The van der Waals surface area contributed by atoms with Crippen molar-refractivity contribution in [2.75, 3.05) is 4.90 Å². The van der Waals surface area contributed by atoms with E-state index >= 15 is 0 Å². The molecule has 0 bridgehead atoms. The van der Waals surface area contributed by atoms with Crippen molar-refractivity contribution in [2.45, 2.75) is 19.1 Å². The second-order valence-electron chi connectivity index (χ2n) is 13.0. The maximum absolute atomic E-state index is 10.8. The quantitative estimate of drug-likeness (QED) is 0.162. The minimum Gasteiger partial charge on any atom is -0.309 e. The predicted octanol–water partition coefficient (Wildman–Crippen LogP) is 16.3. The minimum atomic E-state index is -4.13. The molecule has 9 aromatic carbocycles. The molecule has 12 rings (SSSR count). The molecule has 0 saturated heterocycles. The molecule has 0 amide bonds. The van der Waals surface area contributed by atoms with Crippen molar-refractivity contribution in [2.24, 2.45) is 0 Å². The molecular formula is C57H40N2S. The first-order chi connectivity index (χ1) is 46.2. The van der Waals surface area contributed by atoms with Crippen molar-refractivity contribution in [1.29, 1.82) is 0 Å². The number of benzene rings is 9. The molecule has 284 valence electrons. The van der Waals surface area contributed by atoms with Crippen LogP contribution in [0.15, 0.2) is 205 Å². The van der Waals surface area contributed by atoms with Gasteiger partial charge in [0.2, 0.25) is 0 Å². The van der Waals surface area contributed by atoms with E-state index in [1.165, 1.54) is 0 Å². The van der Waals surface area contributed by atoms with Crippen LogP contribution in [0.25, 0.3) is 81.0 Å². The maximum Gasteiger partial charge on any atom is 0.0667 e. The first kappa shape index (κ1) is 13.1. The third kappa shape index (κ3) is 5.26. The summed E-state index contributed by atoms with van der Waals surface area (Å²) in [5.74, 6) is 0. The molecule has 2 heterocycles. The standard InChI is InChI=1S/C57H40N2S/c1-57(2)50-26-14-12-23-43(50)44-31-29-41(35-51(44)57)58(52-27-16-25-47-46-24-13-15-28-54(46)60-56(47)52)42-30-32-45-49-34-39(37-17-6-3-7-18-37)33-48(38-19-8-4-9-20-38)55(49)59(53(45)36-42)40-21-10-5-11-22-40/h3-36H,1-2H3/i1D3,2D3,3D,4D,5D,6D,7D,8D,9D,10D,11D,12D,13D,14D,15D,16D,17D,18D,19D,20D,21D,22D,23D,24D,25D,26D,27D,28D,29D,30D,31D,32D,33D,34D,35D,36D. The van der Waals surface area contributed by atoms with Crippen LogP contribution in [0.4, 0.5) is 17.1 Å². The van der Waals surface area contributed by atoms with Crippen LogP contribution in [0.1, 0.15) is 79.7 Å². The first-order valence-corrected chi connectivity index (χ1v) is 18.3. The summed E-state index contributed by atoms with van der Waals surface area (Å²) in [6.45, 7) is -8.25. The Kier molecular flexibility index (Phi) is 2.94. The first-order valence-electron chi connectivity index (χ1n) is 37.5. The smallest absolute Gasteiger partial charge is 0.0667 e. The second-order valence-corrected chi connectivity index (χ2v) is 14.0. The zero-order chi connectivity index (χ0) is 74.5. The van der Waals surface area contributed by atoms with E-state index in [-0.39, 0.29) is 4.90 Å². The normalized spacial score (nSPS) is 22.8. The Balaban J connectivity index is 1.45. The largest absolute Gasteiger partial charge is 0.309 e. The van der Waals surface area contributed by atoms with E-state index in [9.17, 15) is 21.9 Å². The van der Waals surface area contributed by atoms with E-state index in [1.54, 1.807) is 0 Å². The molecule has 0 unspecified atom stereocenters. The van der Waals surface area contributed by atoms with Crippen LogP contribution in [0, 0.1) is 0 Å². The molecule has 2 nitrogen and oxygen atoms in total. The lowest BCUT2D eigenvalue weighted by molar-refractivity contribution is 0.660. The van der Waals surface area contributed by atoms with Gasteiger partial charge in [-0.05, 0) is 99.4 Å². The molecule has 0 saturated carbocycles. The molecule has 3 heteroatoms. The molecule has 0 spiro atoms. The average molecular weight is 825 g/mol. The van der Waals surface area contributed by atoms with Crippen LogP contribution in [0.3, 0.4) is 0 Å². The number of hydrogen-bond donors (Lipinski definition) is 0. The Hall–Kier alpha value is -7.20. The zero-order valence-corrected chi connectivity index (χ0v) is 30.6. The van der Waals surface area contributed by atoms with E-state index in [2.05, 4.69) is 0 Å². The van der Waals surface area contributed by atoms with E-state index < -0.39 is 334 Å². The SMILES string of the molecule is [2H]c1c([2H])c([2H])c(-c2c([2H])c(-c3c([2H])c([2H])c([2H])c([2H])c3[2H])c3c(c2[2H])c2c([2H])c([2H])c(N(c4c([2H])c([2H])c5c(c4[2H])C(C([2H])([2H])[2H])(C([2H])([2H])[2H])c4c([2H])c([2H])c([2H])c([2H])c4-5)c4c([2H])c([2H])c([2H])c5c4sc4c([2H])c([2H])c([2H])c([2H])c45)c([2H])c2n3-c2c([2H])c([2H])c([2H])c([2H])c2[2H])c([2H])c1[2H]. The van der Waals surface area contributed by atoms with Gasteiger partial charge in [0.15, 0.2) is 0 Å². The van der Waals surface area contributed by atoms with Crippen LogP contribution in [-0.4, -0.2) is 4.57 Å². The maximum atomic E-state index is 10.8. The topological polar surface area (TPSA) is 8.17 Å². The van der Waals surface area contributed by atoms with Crippen molar-refractivity contribution in [1.82, 2.24) is 4.57 Å². The Morgan fingerprint density at radius 2 is 1.15 bits per heavy atom. The van der Waals surface area contributed by atoms with Crippen LogP contribution in [-0.2, 0) is 5.41 Å². The van der Waals surface area contributed by atoms with Gasteiger partial charge in [-0.2, -0.15) is 0 Å². The fourth-order valence-corrected chi connectivity index (χ4v) is 8.27. The predicted molar refractivity (Wildman–Crippen MR) is 257 cm³/mol. The van der Waals surface area contributed by atoms with E-state index in [1.807, 2.05) is 0 Å². The second kappa shape index (κ2) is 13.4. The number of hydrogen-bond acceptors (Lipinski definition) is 2. The highest BCUT2D eigenvalue weighted by Gasteiger charge is 2.36. The number of fused-ring (bicyclic) bond motifs is 9. The molecule has 1 aliphatic carbocycles. The molecule has 0 fully saturated rings. The number of rotatable bonds is 6. The molecule has 1 aliphatic rings. The molecular weight excluding hydrogens is 745 g/mol. The molecule has 0 N–H and O–H groups in total. The van der Waals surface area contributed by atoms with Crippen LogP contribution in [0.2, 0.25) is 0 Å². The fourth-order valence-electron chi connectivity index (χ4n) is 7.21. The number of aromatic nitrogens is 1. The molecule has 11 aromatic rings. The van der Waals surface area contributed by atoms with E-state index in [0.717, 1.165) is 0 Å². The monoisotopic (exact) mass is 825 g/mol. The summed E-state index contributed by atoms with van der Waals surface area (Å²) in [4.78, 5) is 0.289. The summed E-state index contributed by atoms with van der Waals surface area (Å²) in [5.41, 5.74) is -20.1. The Bertz CT molecular complexity index is 5600. The van der Waals surface area contributed by atoms with Crippen molar-refractivity contribution in [3.8, 4) is 39.1 Å². The lowest BCUT2D eigenvalue weighted by atomic mass is 9.82. The molecule has 0 atom stereocenters. The van der Waals surface area contributed by atoms with Gasteiger partial charge in [0.05, 0.1) is 68.0 Å². The zero-order valence-electron chi connectivity index (χ0n) is 69.8. The van der Waals surface area contributed by atoms with Gasteiger partial charge in [0.1, 0.15) is 0 Å². The lowest BCUT2D eigenvalue weighted by Gasteiger charge is -2.28. The highest BCUT2D eigenvalue weighted by atomic mass is 32.1. The molecule has 60 heavy (non-hydrogen) atoms. The lowest BCUT2D eigenvalue weighted by Crippen LogP contribution is -2.16. The molecule has 0 aliphatic heterocycles. The van der Waals surface area contributed by atoms with Crippen LogP contribution in [0.5, 0.6) is 0 Å². The van der Waals surface area contributed by atoms with E-state index in [0.29, 0.717) is 15.9 Å². The highest BCUT2D eigenvalue weighted by molar-refractivity contribution is 7.26. The minimum absolute atomic E-state index is 0.289. The third-order valence-corrected chi connectivity index (χ3v) is 10.8. The Morgan fingerprint density at radius 1 is 0.483 bits per heavy atom.